The molecule has 0 bridgehead atoms. The Hall–Kier alpha value is -3.65. The minimum atomic E-state index is -0.526. The van der Waals surface area contributed by atoms with Crippen LogP contribution >= 0.6 is 11.6 Å². The zero-order valence-electron chi connectivity index (χ0n) is 16.9. The average Bonchev–Trinajstić information content (AvgIpc) is 2.77. The molecule has 2 aromatic carbocycles. The summed E-state index contributed by atoms with van der Waals surface area (Å²) >= 11 is 6.37. The number of esters is 1. The van der Waals surface area contributed by atoms with Crippen LogP contribution in [-0.4, -0.2) is 42.1 Å². The summed E-state index contributed by atoms with van der Waals surface area (Å²) in [5.74, 6) is -0.0253. The molecule has 0 unspecified atom stereocenters. The van der Waals surface area contributed by atoms with Crippen LogP contribution in [0.25, 0.3) is 22.0 Å². The average molecular weight is 442 g/mol. The number of likely N-dealkylation sites (N-methyl/N-ethyl adjacent to an activating group) is 1. The minimum absolute atomic E-state index is 0.0699. The smallest absolute Gasteiger partial charge is 0.337 e. The third-order valence-corrected chi connectivity index (χ3v) is 4.56. The van der Waals surface area contributed by atoms with Crippen molar-refractivity contribution in [1.82, 2.24) is 15.3 Å². The Morgan fingerprint density at radius 3 is 2.61 bits per heavy atom. The van der Waals surface area contributed by atoms with E-state index in [4.69, 9.17) is 21.1 Å². The lowest BCUT2D eigenvalue weighted by Crippen LogP contribution is -2.28. The van der Waals surface area contributed by atoms with E-state index in [0.29, 0.717) is 23.2 Å². The second kappa shape index (κ2) is 9.90. The van der Waals surface area contributed by atoms with Gasteiger partial charge in [-0.15, -0.1) is 0 Å². The molecule has 0 aliphatic rings. The molecule has 0 radical (unpaired) electrons. The molecule has 160 valence electrons. The summed E-state index contributed by atoms with van der Waals surface area (Å²) in [5.41, 5.74) is 0.961. The first kappa shape index (κ1) is 22.0. The minimum Gasteiger partial charge on any atom is -0.484 e. The van der Waals surface area contributed by atoms with Gasteiger partial charge in [0.05, 0.1) is 28.6 Å². The Balaban J connectivity index is 1.82. The van der Waals surface area contributed by atoms with Gasteiger partial charge in [-0.05, 0) is 48.9 Å². The van der Waals surface area contributed by atoms with Crippen molar-refractivity contribution in [2.75, 3.05) is 20.3 Å². The van der Waals surface area contributed by atoms with E-state index in [9.17, 15) is 14.4 Å². The Bertz CT molecular complexity index is 1200. The number of hydrogen-bond donors (Lipinski definition) is 2. The molecule has 8 nitrogen and oxygen atoms in total. The number of nitrogens with one attached hydrogen (secondary N) is 2. The molecule has 0 saturated heterocycles. The van der Waals surface area contributed by atoms with Gasteiger partial charge in [-0.1, -0.05) is 23.7 Å². The van der Waals surface area contributed by atoms with Crippen molar-refractivity contribution in [1.29, 1.82) is 0 Å². The summed E-state index contributed by atoms with van der Waals surface area (Å²) in [6.45, 7) is 2.30. The molecule has 0 aliphatic heterocycles. The molecule has 9 heteroatoms. The number of carbonyl (C=O) groups is 2. The highest BCUT2D eigenvalue weighted by Gasteiger charge is 2.11. The van der Waals surface area contributed by atoms with Gasteiger partial charge in [0.15, 0.2) is 12.4 Å². The number of benzene rings is 2. The molecule has 1 aromatic heterocycles. The van der Waals surface area contributed by atoms with Crippen LogP contribution in [0.5, 0.6) is 5.75 Å². The molecule has 31 heavy (non-hydrogen) atoms. The summed E-state index contributed by atoms with van der Waals surface area (Å²) < 4.78 is 10.1. The lowest BCUT2D eigenvalue weighted by molar-refractivity contribution is -0.122. The van der Waals surface area contributed by atoms with Crippen molar-refractivity contribution in [2.45, 2.75) is 6.92 Å². The van der Waals surface area contributed by atoms with Crippen LogP contribution in [0, 0.1) is 0 Å². The number of fused-ring (bicyclic) bond motifs is 1. The fraction of sp³-hybridized carbons (Fsp3) is 0.182. The second-order valence-corrected chi connectivity index (χ2v) is 6.85. The van der Waals surface area contributed by atoms with Crippen molar-refractivity contribution in [3.8, 4) is 5.75 Å². The van der Waals surface area contributed by atoms with Crippen molar-refractivity contribution in [3.05, 3.63) is 69.8 Å². The van der Waals surface area contributed by atoms with Gasteiger partial charge in [0.2, 0.25) is 0 Å². The predicted molar refractivity (Wildman–Crippen MR) is 118 cm³/mol. The Morgan fingerprint density at radius 2 is 1.94 bits per heavy atom. The maximum Gasteiger partial charge on any atom is 0.337 e. The molecule has 1 amide bonds. The number of aromatic nitrogens is 2. The topological polar surface area (TPSA) is 110 Å². The monoisotopic (exact) mass is 441 g/mol. The van der Waals surface area contributed by atoms with E-state index in [-0.39, 0.29) is 34.5 Å². The number of aromatic amines is 1. The highest BCUT2D eigenvalue weighted by atomic mass is 35.5. The molecule has 2 N–H and O–H groups in total. The zero-order valence-corrected chi connectivity index (χ0v) is 17.7. The van der Waals surface area contributed by atoms with Crippen LogP contribution in [0.1, 0.15) is 28.7 Å². The van der Waals surface area contributed by atoms with Crippen LogP contribution < -0.4 is 15.6 Å². The predicted octanol–water partition coefficient (Wildman–Crippen LogP) is 2.96. The van der Waals surface area contributed by atoms with Crippen LogP contribution in [0.4, 0.5) is 0 Å². The standard InChI is InChI=1S/C22H20ClN3O5/c1-3-24-19(27)12-31-15-7-4-13(5-8-15)10-17(23)20-25-18-11-14(22(29)30-2)6-9-16(18)21(28)26-20/h4-11H,3,12H2,1-2H3,(H,24,27)(H,25,26,28)/b17-10+. The van der Waals surface area contributed by atoms with Gasteiger partial charge in [0.1, 0.15) is 5.75 Å². The largest absolute Gasteiger partial charge is 0.484 e. The molecular weight excluding hydrogens is 422 g/mol. The quantitative estimate of drug-likeness (QED) is 0.545. The molecule has 0 saturated carbocycles. The number of methoxy groups -OCH3 is 1. The summed E-state index contributed by atoms with van der Waals surface area (Å²) in [6, 6.07) is 11.4. The Kier molecular flexibility index (Phi) is 7.04. The number of nitrogens with zero attached hydrogens (tertiary/aromatic N) is 1. The lowest BCUT2D eigenvalue weighted by atomic mass is 10.1. The summed E-state index contributed by atoms with van der Waals surface area (Å²) in [5, 5.41) is 3.18. The number of ether oxygens (including phenoxy) is 2. The van der Waals surface area contributed by atoms with Crippen LogP contribution in [-0.2, 0) is 9.53 Å². The van der Waals surface area contributed by atoms with Gasteiger partial charge in [0, 0.05) is 6.54 Å². The SMILES string of the molecule is CCNC(=O)COc1ccc(/C=C(/Cl)c2nc3cc(C(=O)OC)ccc3c(=O)[nH]2)cc1. The van der Waals surface area contributed by atoms with Gasteiger partial charge in [-0.2, -0.15) is 0 Å². The fourth-order valence-electron chi connectivity index (χ4n) is 2.77. The lowest BCUT2D eigenvalue weighted by Gasteiger charge is -2.07. The first-order valence-corrected chi connectivity index (χ1v) is 9.78. The fourth-order valence-corrected chi connectivity index (χ4v) is 2.98. The van der Waals surface area contributed by atoms with Crippen molar-refractivity contribution in [3.63, 3.8) is 0 Å². The van der Waals surface area contributed by atoms with Gasteiger partial charge < -0.3 is 19.8 Å². The first-order chi connectivity index (χ1) is 14.9. The maximum absolute atomic E-state index is 12.4. The van der Waals surface area contributed by atoms with Gasteiger partial charge in [-0.25, -0.2) is 9.78 Å². The number of hydrogen-bond acceptors (Lipinski definition) is 6. The third-order valence-electron chi connectivity index (χ3n) is 4.27. The normalized spacial score (nSPS) is 11.3. The van der Waals surface area contributed by atoms with Gasteiger partial charge >= 0.3 is 5.97 Å². The van der Waals surface area contributed by atoms with Crippen molar-refractivity contribution < 1.29 is 19.1 Å². The molecule has 3 rings (SSSR count). The Labute approximate surface area is 182 Å². The molecule has 3 aromatic rings. The highest BCUT2D eigenvalue weighted by Crippen LogP contribution is 2.22. The zero-order chi connectivity index (χ0) is 22.4. The number of H-pyrrole nitrogens is 1. The van der Waals surface area contributed by atoms with E-state index < -0.39 is 5.97 Å². The van der Waals surface area contributed by atoms with Gasteiger partial charge in [-0.3, -0.25) is 9.59 Å². The molecule has 0 fully saturated rings. The van der Waals surface area contributed by atoms with Crippen LogP contribution in [0.15, 0.2) is 47.3 Å². The van der Waals surface area contributed by atoms with Crippen molar-refractivity contribution >= 4 is 45.5 Å². The van der Waals surface area contributed by atoms with E-state index in [1.54, 1.807) is 30.3 Å². The third kappa shape index (κ3) is 5.49. The van der Waals surface area contributed by atoms with E-state index in [1.165, 1.54) is 25.3 Å². The molecule has 0 spiro atoms. The highest BCUT2D eigenvalue weighted by molar-refractivity contribution is 6.50. The molecular formula is C22H20ClN3O5. The number of halogens is 1. The summed E-state index contributed by atoms with van der Waals surface area (Å²) in [4.78, 5) is 42.6. The summed E-state index contributed by atoms with van der Waals surface area (Å²) in [7, 11) is 1.28. The number of amides is 1. The van der Waals surface area contributed by atoms with Gasteiger partial charge in [0.25, 0.3) is 11.5 Å². The van der Waals surface area contributed by atoms with E-state index >= 15 is 0 Å². The molecule has 0 atom stereocenters. The van der Waals surface area contributed by atoms with E-state index in [0.717, 1.165) is 5.56 Å². The molecule has 1 heterocycles. The number of carbonyl (C=O) groups excluding carboxylic acids is 2. The van der Waals surface area contributed by atoms with E-state index in [2.05, 4.69) is 15.3 Å². The Morgan fingerprint density at radius 1 is 1.19 bits per heavy atom. The summed E-state index contributed by atoms with van der Waals surface area (Å²) in [6.07, 6.45) is 1.63. The van der Waals surface area contributed by atoms with Crippen LogP contribution in [0.3, 0.4) is 0 Å². The van der Waals surface area contributed by atoms with Crippen LogP contribution in [0.2, 0.25) is 0 Å². The number of rotatable bonds is 7. The first-order valence-electron chi connectivity index (χ1n) is 9.40. The van der Waals surface area contributed by atoms with Crippen molar-refractivity contribution in [2.24, 2.45) is 0 Å². The molecule has 0 aliphatic carbocycles. The van der Waals surface area contributed by atoms with E-state index in [1.807, 2.05) is 6.92 Å². The maximum atomic E-state index is 12.4. The second-order valence-electron chi connectivity index (χ2n) is 6.44.